The van der Waals surface area contributed by atoms with Gasteiger partial charge in [0.1, 0.15) is 28.9 Å². The van der Waals surface area contributed by atoms with E-state index in [1.54, 1.807) is 37.3 Å². The Balaban J connectivity index is 1.89. The molecule has 1 aromatic carbocycles. The molecule has 0 saturated carbocycles. The summed E-state index contributed by atoms with van der Waals surface area (Å²) in [5.41, 5.74) is 1.96. The zero-order valence-electron chi connectivity index (χ0n) is 12.9. The zero-order chi connectivity index (χ0) is 17.3. The number of nitriles is 1. The Morgan fingerprint density at radius 2 is 1.92 bits per heavy atom. The van der Waals surface area contributed by atoms with Crippen molar-refractivity contribution in [1.82, 2.24) is 0 Å². The van der Waals surface area contributed by atoms with Gasteiger partial charge in [0.2, 0.25) is 5.88 Å². The van der Waals surface area contributed by atoms with Gasteiger partial charge in [-0.15, -0.1) is 0 Å². The number of rotatable bonds is 3. The van der Waals surface area contributed by atoms with Crippen LogP contribution in [-0.4, -0.2) is 6.21 Å². The van der Waals surface area contributed by atoms with Crippen molar-refractivity contribution < 1.29 is 8.83 Å². The average Bonchev–Trinajstić information content (AvgIpc) is 3.11. The van der Waals surface area contributed by atoms with Gasteiger partial charge in [0.25, 0.3) is 0 Å². The van der Waals surface area contributed by atoms with Gasteiger partial charge < -0.3 is 8.83 Å². The summed E-state index contributed by atoms with van der Waals surface area (Å²) >= 11 is 12.1. The molecule has 3 rings (SSSR count). The molecule has 6 heteroatoms. The molecule has 0 fully saturated rings. The van der Waals surface area contributed by atoms with Gasteiger partial charge in [-0.3, -0.25) is 0 Å². The van der Waals surface area contributed by atoms with Crippen molar-refractivity contribution in [3.63, 3.8) is 0 Å². The first-order valence-corrected chi connectivity index (χ1v) is 7.84. The highest BCUT2D eigenvalue weighted by Crippen LogP contribution is 2.32. The molecule has 0 atom stereocenters. The molecular formula is C18H12Cl2N2O2. The first kappa shape index (κ1) is 16.4. The molecule has 0 aliphatic rings. The van der Waals surface area contributed by atoms with Crippen LogP contribution in [0.4, 0.5) is 5.88 Å². The predicted molar refractivity (Wildman–Crippen MR) is 94.3 cm³/mol. The van der Waals surface area contributed by atoms with E-state index in [1.807, 2.05) is 6.92 Å². The van der Waals surface area contributed by atoms with Gasteiger partial charge >= 0.3 is 0 Å². The van der Waals surface area contributed by atoms with Crippen molar-refractivity contribution in [2.45, 2.75) is 13.8 Å². The van der Waals surface area contributed by atoms with Crippen LogP contribution in [0.5, 0.6) is 0 Å². The summed E-state index contributed by atoms with van der Waals surface area (Å²) in [7, 11) is 0. The number of benzene rings is 1. The maximum atomic E-state index is 9.18. The Hall–Kier alpha value is -2.48. The number of furan rings is 2. The summed E-state index contributed by atoms with van der Waals surface area (Å²) in [6.45, 7) is 3.62. The molecule has 0 aliphatic heterocycles. The fourth-order valence-corrected chi connectivity index (χ4v) is 2.71. The SMILES string of the molecule is Cc1oc(N=Cc2ccc(-c3ccc(Cl)cc3Cl)o2)c(C#N)c1C. The third kappa shape index (κ3) is 3.09. The summed E-state index contributed by atoms with van der Waals surface area (Å²) in [6, 6.07) is 10.8. The topological polar surface area (TPSA) is 62.4 Å². The number of nitrogens with zero attached hydrogens (tertiary/aromatic N) is 2. The molecule has 0 spiro atoms. The van der Waals surface area contributed by atoms with E-state index < -0.39 is 0 Å². The van der Waals surface area contributed by atoms with E-state index >= 15 is 0 Å². The molecule has 0 saturated heterocycles. The van der Waals surface area contributed by atoms with Gasteiger partial charge in [-0.05, 0) is 44.2 Å². The van der Waals surface area contributed by atoms with Gasteiger partial charge in [0.05, 0.1) is 11.2 Å². The number of hydrogen-bond acceptors (Lipinski definition) is 4. The van der Waals surface area contributed by atoms with Crippen LogP contribution in [0.1, 0.15) is 22.6 Å². The lowest BCUT2D eigenvalue weighted by atomic mass is 10.2. The largest absolute Gasteiger partial charge is 0.455 e. The minimum Gasteiger partial charge on any atom is -0.455 e. The van der Waals surface area contributed by atoms with Crippen LogP contribution in [0.2, 0.25) is 10.0 Å². The van der Waals surface area contributed by atoms with Crippen LogP contribution in [0.25, 0.3) is 11.3 Å². The highest BCUT2D eigenvalue weighted by Gasteiger charge is 2.13. The summed E-state index contributed by atoms with van der Waals surface area (Å²) in [5, 5.41) is 10.2. The molecule has 0 aliphatic carbocycles. The van der Waals surface area contributed by atoms with E-state index in [1.165, 1.54) is 6.21 Å². The fourth-order valence-electron chi connectivity index (χ4n) is 2.21. The number of hydrogen-bond donors (Lipinski definition) is 0. The number of aryl methyl sites for hydroxylation is 1. The second-order valence-corrected chi connectivity index (χ2v) is 6.00. The Labute approximate surface area is 148 Å². The highest BCUT2D eigenvalue weighted by molar-refractivity contribution is 6.36. The predicted octanol–water partition coefficient (Wildman–Crippen LogP) is 6.09. The monoisotopic (exact) mass is 358 g/mol. The quantitative estimate of drug-likeness (QED) is 0.532. The molecule has 4 nitrogen and oxygen atoms in total. The molecule has 0 radical (unpaired) electrons. The minimum absolute atomic E-state index is 0.273. The first-order chi connectivity index (χ1) is 11.5. The molecule has 0 bridgehead atoms. The lowest BCUT2D eigenvalue weighted by Gasteiger charge is -2.00. The molecule has 3 aromatic rings. The second kappa shape index (κ2) is 6.56. The highest BCUT2D eigenvalue weighted by atomic mass is 35.5. The summed E-state index contributed by atoms with van der Waals surface area (Å²) in [5.74, 6) is 2.07. The third-order valence-electron chi connectivity index (χ3n) is 3.61. The smallest absolute Gasteiger partial charge is 0.237 e. The van der Waals surface area contributed by atoms with Crippen LogP contribution in [0.15, 0.2) is 44.2 Å². The van der Waals surface area contributed by atoms with Crippen LogP contribution in [-0.2, 0) is 0 Å². The van der Waals surface area contributed by atoms with Crippen LogP contribution in [0, 0.1) is 25.2 Å². The van der Waals surface area contributed by atoms with E-state index in [4.69, 9.17) is 32.0 Å². The summed E-state index contributed by atoms with van der Waals surface area (Å²) < 4.78 is 11.2. The van der Waals surface area contributed by atoms with Crippen LogP contribution < -0.4 is 0 Å². The number of halogens is 2. The maximum Gasteiger partial charge on any atom is 0.237 e. The second-order valence-electron chi connectivity index (χ2n) is 5.16. The van der Waals surface area contributed by atoms with Gasteiger partial charge in [0, 0.05) is 16.1 Å². The minimum atomic E-state index is 0.273. The van der Waals surface area contributed by atoms with Crippen LogP contribution in [0.3, 0.4) is 0 Å². The summed E-state index contributed by atoms with van der Waals surface area (Å²) in [6.07, 6.45) is 1.51. The molecule has 24 heavy (non-hydrogen) atoms. The Bertz CT molecular complexity index is 978. The molecule has 0 amide bonds. The molecule has 0 unspecified atom stereocenters. The Morgan fingerprint density at radius 3 is 2.62 bits per heavy atom. The molecule has 2 aromatic heterocycles. The molecule has 0 N–H and O–H groups in total. The van der Waals surface area contributed by atoms with Gasteiger partial charge in [-0.25, -0.2) is 4.99 Å². The average molecular weight is 359 g/mol. The molecular weight excluding hydrogens is 347 g/mol. The van der Waals surface area contributed by atoms with E-state index in [-0.39, 0.29) is 5.88 Å². The van der Waals surface area contributed by atoms with Crippen molar-refractivity contribution in [3.05, 3.63) is 63.0 Å². The van der Waals surface area contributed by atoms with Gasteiger partial charge in [0.15, 0.2) is 0 Å². The lowest BCUT2D eigenvalue weighted by Crippen LogP contribution is -1.78. The van der Waals surface area contributed by atoms with Crippen molar-refractivity contribution in [2.24, 2.45) is 4.99 Å². The van der Waals surface area contributed by atoms with E-state index in [2.05, 4.69) is 11.1 Å². The van der Waals surface area contributed by atoms with Crippen molar-refractivity contribution in [3.8, 4) is 17.4 Å². The van der Waals surface area contributed by atoms with E-state index in [9.17, 15) is 5.26 Å². The van der Waals surface area contributed by atoms with Crippen molar-refractivity contribution in [2.75, 3.05) is 0 Å². The summed E-state index contributed by atoms with van der Waals surface area (Å²) in [4.78, 5) is 4.21. The standard InChI is InChI=1S/C18H12Cl2N2O2/c1-10-11(2)23-18(15(10)8-21)22-9-13-4-6-17(24-13)14-5-3-12(19)7-16(14)20/h3-7,9H,1-2H3. The molecule has 2 heterocycles. The van der Waals surface area contributed by atoms with Crippen molar-refractivity contribution >= 4 is 35.3 Å². The molecule has 120 valence electrons. The van der Waals surface area contributed by atoms with Crippen LogP contribution >= 0.6 is 23.2 Å². The lowest BCUT2D eigenvalue weighted by molar-refractivity contribution is 0.540. The third-order valence-corrected chi connectivity index (χ3v) is 4.16. The van der Waals surface area contributed by atoms with Crippen molar-refractivity contribution in [1.29, 1.82) is 5.26 Å². The Kier molecular flexibility index (Phi) is 4.48. The number of aliphatic imine (C=N–C) groups is 1. The maximum absolute atomic E-state index is 9.18. The fraction of sp³-hybridized carbons (Fsp3) is 0.111. The first-order valence-electron chi connectivity index (χ1n) is 7.09. The normalized spacial score (nSPS) is 11.1. The van der Waals surface area contributed by atoms with E-state index in [0.29, 0.717) is 32.9 Å². The van der Waals surface area contributed by atoms with E-state index in [0.717, 1.165) is 11.1 Å². The van der Waals surface area contributed by atoms with Gasteiger partial charge in [-0.2, -0.15) is 5.26 Å². The van der Waals surface area contributed by atoms with Gasteiger partial charge in [-0.1, -0.05) is 23.2 Å². The zero-order valence-corrected chi connectivity index (χ0v) is 14.4. The Morgan fingerprint density at radius 1 is 1.12 bits per heavy atom.